The van der Waals surface area contributed by atoms with Gasteiger partial charge in [-0.25, -0.2) is 0 Å². The molecule has 0 saturated carbocycles. The van der Waals surface area contributed by atoms with E-state index < -0.39 is 0 Å². The molecule has 0 fully saturated rings. The molecule has 6 heteroatoms. The van der Waals surface area contributed by atoms with Crippen LogP contribution in [0.2, 0.25) is 0 Å². The number of carbonyl (C=O) groups is 1. The average molecular weight is 345 g/mol. The van der Waals surface area contributed by atoms with Crippen molar-refractivity contribution < 1.29 is 14.3 Å². The fourth-order valence-corrected chi connectivity index (χ4v) is 2.20. The molecule has 1 rings (SSSR count). The first-order valence-electron chi connectivity index (χ1n) is 6.42. The third kappa shape index (κ3) is 4.68. The molecular formula is C14H21BrN2O3. The summed E-state index contributed by atoms with van der Waals surface area (Å²) in [6.45, 7) is 3.16. The molecule has 0 unspecified atom stereocenters. The van der Waals surface area contributed by atoms with Crippen molar-refractivity contribution in [2.45, 2.75) is 13.5 Å². The number of likely N-dealkylation sites (N-methyl/N-ethyl adjacent to an activating group) is 1. The minimum Gasteiger partial charge on any atom is -0.490 e. The van der Waals surface area contributed by atoms with E-state index >= 15 is 0 Å². The van der Waals surface area contributed by atoms with E-state index in [1.54, 1.807) is 14.1 Å². The summed E-state index contributed by atoms with van der Waals surface area (Å²) in [7, 11) is 5.27. The second-order valence-electron chi connectivity index (χ2n) is 4.45. The number of rotatable bonds is 7. The fraction of sp³-hybridized carbons (Fsp3) is 0.500. The van der Waals surface area contributed by atoms with Crippen LogP contribution < -0.4 is 14.8 Å². The molecule has 1 N–H and O–H groups in total. The minimum atomic E-state index is -0.0985. The van der Waals surface area contributed by atoms with Crippen molar-refractivity contribution in [2.24, 2.45) is 0 Å². The standard InChI is InChI=1S/C14H21BrN2O3/c1-5-19-12-7-10(8-16-2)6-11(15)14(12)20-9-13(18)17(3)4/h6-7,16H,5,8-9H2,1-4H3. The molecule has 1 aromatic carbocycles. The van der Waals surface area contributed by atoms with Crippen molar-refractivity contribution in [2.75, 3.05) is 34.4 Å². The summed E-state index contributed by atoms with van der Waals surface area (Å²) in [5.41, 5.74) is 1.08. The van der Waals surface area contributed by atoms with Crippen LogP contribution in [0.15, 0.2) is 16.6 Å². The van der Waals surface area contributed by atoms with Crippen LogP contribution in [0.5, 0.6) is 11.5 Å². The van der Waals surface area contributed by atoms with Crippen molar-refractivity contribution in [1.82, 2.24) is 10.2 Å². The van der Waals surface area contributed by atoms with Crippen LogP contribution in [0.4, 0.5) is 0 Å². The summed E-state index contributed by atoms with van der Waals surface area (Å²) in [5, 5.41) is 3.09. The number of hydrogen-bond donors (Lipinski definition) is 1. The van der Waals surface area contributed by atoms with Crippen LogP contribution in [0.1, 0.15) is 12.5 Å². The maximum Gasteiger partial charge on any atom is 0.259 e. The Morgan fingerprint density at radius 3 is 2.60 bits per heavy atom. The van der Waals surface area contributed by atoms with E-state index in [2.05, 4.69) is 21.2 Å². The number of halogens is 1. The molecule has 5 nitrogen and oxygen atoms in total. The summed E-state index contributed by atoms with van der Waals surface area (Å²) in [6, 6.07) is 3.87. The van der Waals surface area contributed by atoms with Gasteiger partial charge in [0, 0.05) is 20.6 Å². The molecule has 112 valence electrons. The predicted octanol–water partition coefficient (Wildman–Crippen LogP) is 2.03. The highest BCUT2D eigenvalue weighted by atomic mass is 79.9. The first kappa shape index (κ1) is 16.8. The van der Waals surface area contributed by atoms with Crippen molar-refractivity contribution in [3.63, 3.8) is 0 Å². The second kappa shape index (κ2) is 8.11. The molecule has 0 aliphatic heterocycles. The van der Waals surface area contributed by atoms with E-state index in [9.17, 15) is 4.79 Å². The van der Waals surface area contributed by atoms with Crippen LogP contribution in [0, 0.1) is 0 Å². The topological polar surface area (TPSA) is 50.8 Å². The Hall–Kier alpha value is -1.27. The Labute approximate surface area is 128 Å². The summed E-state index contributed by atoms with van der Waals surface area (Å²) in [6.07, 6.45) is 0. The fourth-order valence-electron chi connectivity index (χ4n) is 1.59. The normalized spacial score (nSPS) is 10.2. The van der Waals surface area contributed by atoms with Gasteiger partial charge in [-0.1, -0.05) is 0 Å². The zero-order valence-electron chi connectivity index (χ0n) is 12.3. The monoisotopic (exact) mass is 344 g/mol. The number of amides is 1. The number of ether oxygens (including phenoxy) is 2. The van der Waals surface area contributed by atoms with Gasteiger partial charge in [-0.15, -0.1) is 0 Å². The van der Waals surface area contributed by atoms with Gasteiger partial charge < -0.3 is 19.7 Å². The molecule has 0 heterocycles. The molecule has 0 aliphatic carbocycles. The minimum absolute atomic E-state index is 0.0168. The van der Waals surface area contributed by atoms with Crippen LogP contribution in [0.3, 0.4) is 0 Å². The molecule has 0 aromatic heterocycles. The van der Waals surface area contributed by atoms with Gasteiger partial charge in [0.15, 0.2) is 18.1 Å². The van der Waals surface area contributed by atoms with Gasteiger partial charge in [0.25, 0.3) is 5.91 Å². The largest absolute Gasteiger partial charge is 0.490 e. The maximum atomic E-state index is 11.6. The number of carbonyl (C=O) groups excluding carboxylic acids is 1. The van der Waals surface area contributed by atoms with E-state index in [1.807, 2.05) is 26.1 Å². The van der Waals surface area contributed by atoms with Gasteiger partial charge in [0.2, 0.25) is 0 Å². The molecule has 0 spiro atoms. The number of nitrogens with one attached hydrogen (secondary N) is 1. The molecule has 1 aromatic rings. The Balaban J connectivity index is 2.95. The van der Waals surface area contributed by atoms with Crippen molar-refractivity contribution in [3.8, 4) is 11.5 Å². The van der Waals surface area contributed by atoms with Crippen molar-refractivity contribution in [3.05, 3.63) is 22.2 Å². The molecule has 0 radical (unpaired) electrons. The molecule has 20 heavy (non-hydrogen) atoms. The van der Waals surface area contributed by atoms with Gasteiger partial charge in [-0.05, 0) is 47.6 Å². The smallest absolute Gasteiger partial charge is 0.259 e. The third-order valence-electron chi connectivity index (χ3n) is 2.59. The molecule has 0 atom stereocenters. The van der Waals surface area contributed by atoms with Crippen molar-refractivity contribution in [1.29, 1.82) is 0 Å². The van der Waals surface area contributed by atoms with E-state index in [0.717, 1.165) is 16.6 Å². The Morgan fingerprint density at radius 2 is 2.05 bits per heavy atom. The van der Waals surface area contributed by atoms with Crippen LogP contribution in [0.25, 0.3) is 0 Å². The van der Waals surface area contributed by atoms with E-state index in [0.29, 0.717) is 18.1 Å². The molecule has 0 aliphatic rings. The lowest BCUT2D eigenvalue weighted by atomic mass is 10.2. The van der Waals surface area contributed by atoms with Gasteiger partial charge in [-0.3, -0.25) is 4.79 Å². The lowest BCUT2D eigenvalue weighted by molar-refractivity contribution is -0.130. The summed E-state index contributed by atoms with van der Waals surface area (Å²) in [4.78, 5) is 13.1. The second-order valence-corrected chi connectivity index (χ2v) is 5.30. The summed E-state index contributed by atoms with van der Waals surface area (Å²) in [5.74, 6) is 1.10. The zero-order chi connectivity index (χ0) is 15.1. The lowest BCUT2D eigenvalue weighted by Gasteiger charge is -2.16. The van der Waals surface area contributed by atoms with E-state index in [1.165, 1.54) is 4.90 Å². The van der Waals surface area contributed by atoms with Crippen LogP contribution in [-0.4, -0.2) is 45.2 Å². The predicted molar refractivity (Wildman–Crippen MR) is 82.3 cm³/mol. The molecular weight excluding hydrogens is 324 g/mol. The average Bonchev–Trinajstić information content (AvgIpc) is 2.38. The molecule has 0 saturated heterocycles. The van der Waals surface area contributed by atoms with Gasteiger partial charge in [-0.2, -0.15) is 0 Å². The van der Waals surface area contributed by atoms with Crippen molar-refractivity contribution >= 4 is 21.8 Å². The highest BCUT2D eigenvalue weighted by molar-refractivity contribution is 9.10. The Kier molecular flexibility index (Phi) is 6.81. The Morgan fingerprint density at radius 1 is 1.35 bits per heavy atom. The lowest BCUT2D eigenvalue weighted by Crippen LogP contribution is -2.27. The number of nitrogens with zero attached hydrogens (tertiary/aromatic N) is 1. The van der Waals surface area contributed by atoms with Gasteiger partial charge in [0.1, 0.15) is 0 Å². The van der Waals surface area contributed by atoms with Crippen LogP contribution in [-0.2, 0) is 11.3 Å². The first-order chi connectivity index (χ1) is 9.49. The quantitative estimate of drug-likeness (QED) is 0.822. The highest BCUT2D eigenvalue weighted by Gasteiger charge is 2.14. The number of hydrogen-bond acceptors (Lipinski definition) is 4. The van der Waals surface area contributed by atoms with Gasteiger partial charge in [0.05, 0.1) is 11.1 Å². The van der Waals surface area contributed by atoms with E-state index in [4.69, 9.17) is 9.47 Å². The number of benzene rings is 1. The van der Waals surface area contributed by atoms with Gasteiger partial charge >= 0.3 is 0 Å². The zero-order valence-corrected chi connectivity index (χ0v) is 13.9. The molecule has 1 amide bonds. The summed E-state index contributed by atoms with van der Waals surface area (Å²) >= 11 is 3.47. The SMILES string of the molecule is CCOc1cc(CNC)cc(Br)c1OCC(=O)N(C)C. The molecule has 0 bridgehead atoms. The maximum absolute atomic E-state index is 11.6. The summed E-state index contributed by atoms with van der Waals surface area (Å²) < 4.78 is 12.0. The third-order valence-corrected chi connectivity index (χ3v) is 3.18. The van der Waals surface area contributed by atoms with E-state index in [-0.39, 0.29) is 12.5 Å². The van der Waals surface area contributed by atoms with Crippen LogP contribution >= 0.6 is 15.9 Å². The first-order valence-corrected chi connectivity index (χ1v) is 7.21. The Bertz CT molecular complexity index is 464. The highest BCUT2D eigenvalue weighted by Crippen LogP contribution is 2.37.